The van der Waals surface area contributed by atoms with Crippen molar-refractivity contribution in [1.82, 2.24) is 4.90 Å². The Labute approximate surface area is 174 Å². The molecule has 0 atom stereocenters. The maximum atomic E-state index is 2.56. The van der Waals surface area contributed by atoms with Gasteiger partial charge in [-0.1, -0.05) is 129 Å². The average Bonchev–Trinajstić information content (AvgIpc) is 2.69. The van der Waals surface area contributed by atoms with Gasteiger partial charge in [-0.3, -0.25) is 4.90 Å². The summed E-state index contributed by atoms with van der Waals surface area (Å²) in [5.41, 5.74) is 0. The Morgan fingerprint density at radius 1 is 0.407 bits per heavy atom. The lowest BCUT2D eigenvalue weighted by Gasteiger charge is -2.19. The van der Waals surface area contributed by atoms with Gasteiger partial charge in [0.15, 0.2) is 0 Å². The fourth-order valence-corrected chi connectivity index (χ4v) is 3.97. The van der Waals surface area contributed by atoms with E-state index in [1.807, 2.05) is 0 Å². The zero-order valence-corrected chi connectivity index (χ0v) is 19.6. The Kier molecular flexibility index (Phi) is 24.0. The van der Waals surface area contributed by atoms with Crippen molar-refractivity contribution in [1.29, 1.82) is 0 Å². The molecule has 163 valence electrons. The minimum Gasteiger partial charge on any atom is -0.299 e. The van der Waals surface area contributed by atoms with Gasteiger partial charge >= 0.3 is 0 Å². The summed E-state index contributed by atoms with van der Waals surface area (Å²) in [4.78, 5) is 2.56. The first kappa shape index (κ1) is 27.0. The fraction of sp³-hybridized carbons (Fsp3) is 0.962. The highest BCUT2D eigenvalue weighted by Crippen LogP contribution is 2.13. The highest BCUT2D eigenvalue weighted by atomic mass is 15.1. The topological polar surface area (TPSA) is 3.24 Å². The SMILES string of the molecule is C[CH]N(CCCCCCCCCCCC)CCCCCCCCCCCC. The van der Waals surface area contributed by atoms with Crippen molar-refractivity contribution in [2.24, 2.45) is 0 Å². The monoisotopic (exact) mass is 380 g/mol. The van der Waals surface area contributed by atoms with Crippen LogP contribution in [0, 0.1) is 6.54 Å². The molecule has 27 heavy (non-hydrogen) atoms. The van der Waals surface area contributed by atoms with Gasteiger partial charge in [0, 0.05) is 6.54 Å². The molecule has 0 amide bonds. The summed E-state index contributed by atoms with van der Waals surface area (Å²) in [6.45, 7) is 11.7. The zero-order valence-electron chi connectivity index (χ0n) is 19.6. The third-order valence-electron chi connectivity index (χ3n) is 5.96. The largest absolute Gasteiger partial charge is 0.299 e. The fourth-order valence-electron chi connectivity index (χ4n) is 3.97. The van der Waals surface area contributed by atoms with Gasteiger partial charge in [0.25, 0.3) is 0 Å². The first-order valence-electron chi connectivity index (χ1n) is 12.9. The van der Waals surface area contributed by atoms with E-state index in [2.05, 4.69) is 32.2 Å². The third kappa shape index (κ3) is 22.1. The van der Waals surface area contributed by atoms with Crippen LogP contribution in [0.15, 0.2) is 0 Å². The van der Waals surface area contributed by atoms with Crippen LogP contribution in [0.3, 0.4) is 0 Å². The van der Waals surface area contributed by atoms with E-state index >= 15 is 0 Å². The van der Waals surface area contributed by atoms with E-state index in [9.17, 15) is 0 Å². The Morgan fingerprint density at radius 2 is 0.667 bits per heavy atom. The second kappa shape index (κ2) is 24.0. The van der Waals surface area contributed by atoms with Gasteiger partial charge in [0.2, 0.25) is 0 Å². The standard InChI is InChI=1S/C26H54N/c1-4-7-9-11-13-15-17-19-21-23-25-27(6-3)26-24-22-20-18-16-14-12-10-8-5-2/h6H,4-5,7-26H2,1-3H3. The highest BCUT2D eigenvalue weighted by molar-refractivity contribution is 4.64. The van der Waals surface area contributed by atoms with E-state index in [1.54, 1.807) is 0 Å². The Balaban J connectivity index is 3.28. The van der Waals surface area contributed by atoms with E-state index in [1.165, 1.54) is 142 Å². The second-order valence-electron chi connectivity index (χ2n) is 8.66. The van der Waals surface area contributed by atoms with Crippen molar-refractivity contribution in [2.75, 3.05) is 13.1 Å². The van der Waals surface area contributed by atoms with E-state index in [0.29, 0.717) is 0 Å². The van der Waals surface area contributed by atoms with Crippen LogP contribution < -0.4 is 0 Å². The molecule has 0 unspecified atom stereocenters. The summed E-state index contributed by atoms with van der Waals surface area (Å²) < 4.78 is 0. The van der Waals surface area contributed by atoms with Crippen LogP contribution in [0.2, 0.25) is 0 Å². The Hall–Kier alpha value is -0.0400. The summed E-state index contributed by atoms with van der Waals surface area (Å²) in [6, 6.07) is 0. The molecule has 0 aliphatic carbocycles. The molecule has 1 radical (unpaired) electrons. The van der Waals surface area contributed by atoms with Crippen molar-refractivity contribution in [2.45, 2.75) is 149 Å². The van der Waals surface area contributed by atoms with Crippen LogP contribution in [-0.4, -0.2) is 18.0 Å². The minimum absolute atomic E-state index is 1.28. The summed E-state index contributed by atoms with van der Waals surface area (Å²) in [7, 11) is 0. The molecule has 0 rings (SSSR count). The lowest BCUT2D eigenvalue weighted by atomic mass is 10.1. The predicted molar refractivity (Wildman–Crippen MR) is 125 cm³/mol. The molecule has 0 spiro atoms. The molecule has 0 N–H and O–H groups in total. The summed E-state index contributed by atoms with van der Waals surface area (Å²) in [6.07, 6.45) is 28.7. The molecule has 0 aliphatic rings. The van der Waals surface area contributed by atoms with Gasteiger partial charge in [0.1, 0.15) is 0 Å². The zero-order chi connectivity index (χ0) is 19.8. The second-order valence-corrected chi connectivity index (χ2v) is 8.66. The molecule has 0 bridgehead atoms. The molecule has 0 aromatic carbocycles. The van der Waals surface area contributed by atoms with E-state index in [4.69, 9.17) is 0 Å². The average molecular weight is 381 g/mol. The molecule has 0 aromatic rings. The molecule has 0 saturated carbocycles. The number of hydrogen-bond acceptors (Lipinski definition) is 1. The lowest BCUT2D eigenvalue weighted by Crippen LogP contribution is -2.22. The molecule has 0 aromatic heterocycles. The number of rotatable bonds is 23. The van der Waals surface area contributed by atoms with Gasteiger partial charge in [-0.05, 0) is 32.9 Å². The van der Waals surface area contributed by atoms with E-state index in [0.717, 1.165) is 0 Å². The molecule has 0 heterocycles. The van der Waals surface area contributed by atoms with Gasteiger partial charge in [0.05, 0.1) is 0 Å². The molecule has 1 nitrogen and oxygen atoms in total. The van der Waals surface area contributed by atoms with Gasteiger partial charge in [-0.2, -0.15) is 0 Å². The number of unbranched alkanes of at least 4 members (excludes halogenated alkanes) is 18. The number of hydrogen-bond donors (Lipinski definition) is 0. The Bertz CT molecular complexity index is 227. The molecule has 0 aliphatic heterocycles. The maximum absolute atomic E-state index is 2.56. The molecule has 0 saturated heterocycles. The summed E-state index contributed by atoms with van der Waals surface area (Å²) in [5.74, 6) is 0. The highest BCUT2D eigenvalue weighted by Gasteiger charge is 2.02. The van der Waals surface area contributed by atoms with Crippen LogP contribution in [0.5, 0.6) is 0 Å². The first-order chi connectivity index (χ1) is 13.3. The van der Waals surface area contributed by atoms with Gasteiger partial charge in [-0.25, -0.2) is 0 Å². The van der Waals surface area contributed by atoms with Crippen molar-refractivity contribution in [3.8, 4) is 0 Å². The molecular formula is C26H54N. The van der Waals surface area contributed by atoms with Crippen molar-refractivity contribution in [3.63, 3.8) is 0 Å². The molecular weight excluding hydrogens is 326 g/mol. The van der Waals surface area contributed by atoms with Crippen LogP contribution in [0.4, 0.5) is 0 Å². The predicted octanol–water partition coefficient (Wildman–Crippen LogP) is 9.31. The smallest absolute Gasteiger partial charge is 0.0220 e. The molecule has 0 fully saturated rings. The summed E-state index contributed by atoms with van der Waals surface area (Å²) >= 11 is 0. The van der Waals surface area contributed by atoms with E-state index < -0.39 is 0 Å². The quantitative estimate of drug-likeness (QED) is 0.160. The third-order valence-corrected chi connectivity index (χ3v) is 5.96. The normalized spacial score (nSPS) is 11.6. The first-order valence-corrected chi connectivity index (χ1v) is 12.9. The van der Waals surface area contributed by atoms with Crippen LogP contribution in [-0.2, 0) is 0 Å². The van der Waals surface area contributed by atoms with Gasteiger partial charge < -0.3 is 0 Å². The van der Waals surface area contributed by atoms with E-state index in [-0.39, 0.29) is 0 Å². The van der Waals surface area contributed by atoms with Crippen molar-refractivity contribution < 1.29 is 0 Å². The van der Waals surface area contributed by atoms with Crippen LogP contribution >= 0.6 is 0 Å². The molecule has 1 heteroatoms. The van der Waals surface area contributed by atoms with Gasteiger partial charge in [-0.15, -0.1) is 0 Å². The van der Waals surface area contributed by atoms with Crippen LogP contribution in [0.25, 0.3) is 0 Å². The minimum atomic E-state index is 1.28. The maximum Gasteiger partial charge on any atom is 0.0220 e. The van der Waals surface area contributed by atoms with Crippen LogP contribution in [0.1, 0.15) is 149 Å². The van der Waals surface area contributed by atoms with Crippen molar-refractivity contribution in [3.05, 3.63) is 6.54 Å². The summed E-state index contributed by atoms with van der Waals surface area (Å²) in [5, 5.41) is 0. The lowest BCUT2D eigenvalue weighted by molar-refractivity contribution is 0.316. The van der Waals surface area contributed by atoms with Crippen molar-refractivity contribution >= 4 is 0 Å². The Morgan fingerprint density at radius 3 is 0.926 bits per heavy atom. The number of nitrogens with zero attached hydrogens (tertiary/aromatic N) is 1.